The van der Waals surface area contributed by atoms with Crippen LogP contribution in [0.3, 0.4) is 0 Å². The van der Waals surface area contributed by atoms with Gasteiger partial charge in [-0.1, -0.05) is 13.8 Å². The minimum Gasteiger partial charge on any atom is -0.618 e. The highest BCUT2D eigenvalue weighted by molar-refractivity contribution is 7.89. The van der Waals surface area contributed by atoms with Gasteiger partial charge in [0.2, 0.25) is 5.91 Å². The summed E-state index contributed by atoms with van der Waals surface area (Å²) in [6.45, 7) is 5.36. The second-order valence-electron chi connectivity index (χ2n) is 7.36. The van der Waals surface area contributed by atoms with E-state index < -0.39 is 27.1 Å². The fourth-order valence-corrected chi connectivity index (χ4v) is 4.68. The lowest BCUT2D eigenvalue weighted by Crippen LogP contribution is -2.47. The Kier molecular flexibility index (Phi) is 6.94. The molecule has 0 aromatic carbocycles. The summed E-state index contributed by atoms with van der Waals surface area (Å²) in [5.74, 6) is -0.188. The van der Waals surface area contributed by atoms with Gasteiger partial charge in [0.15, 0.2) is 12.0 Å². The molecule has 1 fully saturated rings. The normalized spacial score (nSPS) is 21.9. The molecular formula is C18H27N3O5S. The third kappa shape index (κ3) is 5.26. The predicted octanol–water partition coefficient (Wildman–Crippen LogP) is 0.983. The van der Waals surface area contributed by atoms with Crippen LogP contribution in [0, 0.1) is 11.1 Å². The number of nitrogens with one attached hydrogen (secondary N) is 1. The summed E-state index contributed by atoms with van der Waals surface area (Å²) in [6.07, 6.45) is 2.94. The third-order valence-electron chi connectivity index (χ3n) is 4.71. The highest BCUT2D eigenvalue weighted by Crippen LogP contribution is 2.22. The molecule has 0 bridgehead atoms. The summed E-state index contributed by atoms with van der Waals surface area (Å²) in [6, 6.07) is 2.95. The molecule has 1 aliphatic heterocycles. The minimum absolute atomic E-state index is 0.202. The number of carbonyl (C=O) groups excluding carboxylic acids is 2. The third-order valence-corrected chi connectivity index (χ3v) is 6.66. The first kappa shape index (κ1) is 21.3. The van der Waals surface area contributed by atoms with E-state index in [-0.39, 0.29) is 23.0 Å². The fraction of sp³-hybridized carbons (Fsp3) is 0.611. The molecule has 0 aliphatic carbocycles. The van der Waals surface area contributed by atoms with E-state index in [2.05, 4.69) is 5.32 Å². The van der Waals surface area contributed by atoms with Crippen LogP contribution in [0.1, 0.15) is 46.5 Å². The average molecular weight is 397 g/mol. The first-order valence-corrected chi connectivity index (χ1v) is 10.6. The van der Waals surface area contributed by atoms with E-state index in [1.165, 1.54) is 18.2 Å². The van der Waals surface area contributed by atoms with Crippen LogP contribution in [0.2, 0.25) is 0 Å². The number of sulfonamides is 1. The molecular weight excluding hydrogens is 370 g/mol. The van der Waals surface area contributed by atoms with Crippen LogP contribution in [0.4, 0.5) is 0 Å². The lowest BCUT2D eigenvalue weighted by Gasteiger charge is -2.24. The Morgan fingerprint density at radius 3 is 2.70 bits per heavy atom. The van der Waals surface area contributed by atoms with E-state index in [9.17, 15) is 23.2 Å². The molecule has 150 valence electrons. The Balaban J connectivity index is 2.15. The molecule has 27 heavy (non-hydrogen) atoms. The molecule has 0 unspecified atom stereocenters. The number of pyridine rings is 1. The molecule has 2 atom stereocenters. The van der Waals surface area contributed by atoms with Gasteiger partial charge in [-0.3, -0.25) is 9.59 Å². The number of aromatic nitrogens is 1. The molecule has 8 nitrogen and oxygen atoms in total. The van der Waals surface area contributed by atoms with Crippen molar-refractivity contribution < 1.29 is 22.7 Å². The molecule has 0 saturated carbocycles. The molecule has 1 aliphatic rings. The first-order chi connectivity index (χ1) is 12.6. The zero-order valence-corrected chi connectivity index (χ0v) is 16.7. The van der Waals surface area contributed by atoms with Crippen LogP contribution >= 0.6 is 0 Å². The van der Waals surface area contributed by atoms with E-state index in [0.29, 0.717) is 25.2 Å². The van der Waals surface area contributed by atoms with Gasteiger partial charge < -0.3 is 10.5 Å². The van der Waals surface area contributed by atoms with Crippen LogP contribution in [0.5, 0.6) is 0 Å². The van der Waals surface area contributed by atoms with Gasteiger partial charge in [-0.05, 0) is 38.2 Å². The number of amides is 1. The summed E-state index contributed by atoms with van der Waals surface area (Å²) in [4.78, 5) is 24.7. The van der Waals surface area contributed by atoms with Gasteiger partial charge in [0.1, 0.15) is 0 Å². The van der Waals surface area contributed by atoms with Crippen molar-refractivity contribution in [1.82, 2.24) is 9.62 Å². The van der Waals surface area contributed by atoms with E-state index >= 15 is 0 Å². The Bertz CT molecular complexity index is 794. The molecule has 1 N–H and O–H groups in total. The van der Waals surface area contributed by atoms with Gasteiger partial charge in [-0.25, -0.2) is 8.42 Å². The van der Waals surface area contributed by atoms with Crippen LogP contribution < -0.4 is 10.0 Å². The second kappa shape index (κ2) is 8.79. The summed E-state index contributed by atoms with van der Waals surface area (Å²) < 4.78 is 27.1. The van der Waals surface area contributed by atoms with Crippen molar-refractivity contribution in [2.45, 2.75) is 63.6 Å². The van der Waals surface area contributed by atoms with Crippen molar-refractivity contribution in [3.8, 4) is 0 Å². The Morgan fingerprint density at radius 1 is 1.37 bits per heavy atom. The fourth-order valence-electron chi connectivity index (χ4n) is 3.03. The van der Waals surface area contributed by atoms with Crippen LogP contribution in [-0.4, -0.2) is 43.0 Å². The van der Waals surface area contributed by atoms with Gasteiger partial charge >= 0.3 is 15.0 Å². The minimum atomic E-state index is -4.12. The molecule has 1 amide bonds. The number of hydrogen-bond donors (Lipinski definition) is 1. The highest BCUT2D eigenvalue weighted by atomic mass is 32.2. The quantitative estimate of drug-likeness (QED) is 0.568. The average Bonchev–Trinajstić information content (AvgIpc) is 2.74. The highest BCUT2D eigenvalue weighted by Gasteiger charge is 2.39. The van der Waals surface area contributed by atoms with Gasteiger partial charge in [-0.15, -0.1) is 0 Å². The van der Waals surface area contributed by atoms with Gasteiger partial charge in [0.05, 0.1) is 12.6 Å². The van der Waals surface area contributed by atoms with E-state index in [0.717, 1.165) is 16.9 Å². The van der Waals surface area contributed by atoms with Crippen LogP contribution in [0.25, 0.3) is 0 Å². The van der Waals surface area contributed by atoms with E-state index in [1.54, 1.807) is 6.92 Å². The maximum Gasteiger partial charge on any atom is 0.323 e. The van der Waals surface area contributed by atoms with Gasteiger partial charge in [-0.2, -0.15) is 9.04 Å². The van der Waals surface area contributed by atoms with E-state index in [1.807, 2.05) is 13.8 Å². The van der Waals surface area contributed by atoms with Crippen molar-refractivity contribution in [1.29, 1.82) is 0 Å². The maximum atomic E-state index is 12.9. The molecule has 2 heterocycles. The summed E-state index contributed by atoms with van der Waals surface area (Å²) >= 11 is 0. The molecule has 1 aromatic rings. The topological polar surface area (TPSA) is 110 Å². The standard InChI is InChI=1S/C18H27N3O5S/c1-13(2)7-10-17(23)19-15-9-8-14(3)21(12-16(15)22)27(25,26)18-6-4-5-11-20(18)24/h4-6,11,13-15H,7-10,12H2,1-3H3,(H,19,23)/t14-,15+/m1/s1. The largest absolute Gasteiger partial charge is 0.618 e. The predicted molar refractivity (Wildman–Crippen MR) is 99.0 cm³/mol. The van der Waals surface area contributed by atoms with Crippen LogP contribution in [-0.2, 0) is 19.6 Å². The number of carbonyl (C=O) groups is 2. The summed E-state index contributed by atoms with van der Waals surface area (Å²) in [5, 5.41) is 14.2. The molecule has 9 heteroatoms. The first-order valence-electron chi connectivity index (χ1n) is 9.15. The number of nitrogens with zero attached hydrogens (tertiary/aromatic N) is 2. The number of hydrogen-bond acceptors (Lipinski definition) is 5. The SMILES string of the molecule is CC(C)CCC(=O)N[C@H]1CC[C@@H](C)N(S(=O)(=O)c2cccc[n+]2[O-])CC1=O. The second-order valence-corrected chi connectivity index (χ2v) is 9.20. The van der Waals surface area contributed by atoms with Crippen molar-refractivity contribution in [2.75, 3.05) is 6.54 Å². The zero-order valence-electron chi connectivity index (χ0n) is 15.9. The maximum absolute atomic E-state index is 12.9. The van der Waals surface area contributed by atoms with Crippen molar-refractivity contribution in [3.05, 3.63) is 29.6 Å². The van der Waals surface area contributed by atoms with E-state index in [4.69, 9.17) is 0 Å². The van der Waals surface area contributed by atoms with Crippen molar-refractivity contribution >= 4 is 21.7 Å². The zero-order chi connectivity index (χ0) is 20.2. The molecule has 0 spiro atoms. The van der Waals surface area contributed by atoms with Gasteiger partial charge in [0, 0.05) is 24.6 Å². The van der Waals surface area contributed by atoms with Crippen molar-refractivity contribution in [2.24, 2.45) is 5.92 Å². The Morgan fingerprint density at radius 2 is 2.07 bits per heavy atom. The number of ketones is 1. The van der Waals surface area contributed by atoms with Gasteiger partial charge in [0.25, 0.3) is 0 Å². The summed E-state index contributed by atoms with van der Waals surface area (Å²) in [7, 11) is -4.12. The Hall–Kier alpha value is -2.00. The molecule has 2 rings (SSSR count). The monoisotopic (exact) mass is 397 g/mol. The molecule has 0 radical (unpaired) electrons. The molecule has 1 aromatic heterocycles. The lowest BCUT2D eigenvalue weighted by molar-refractivity contribution is -0.646. The van der Waals surface area contributed by atoms with Crippen molar-refractivity contribution in [3.63, 3.8) is 0 Å². The number of Topliss-reactive ketones (excluding diaryl/α,β-unsaturated/α-hetero) is 1. The lowest BCUT2D eigenvalue weighted by atomic mass is 10.0. The summed E-state index contributed by atoms with van der Waals surface area (Å²) in [5.41, 5.74) is 0. The molecule has 1 saturated heterocycles. The Labute approximate surface area is 160 Å². The van der Waals surface area contributed by atoms with Crippen LogP contribution in [0.15, 0.2) is 29.4 Å². The smallest absolute Gasteiger partial charge is 0.323 e. The number of rotatable bonds is 6.